The van der Waals surface area contributed by atoms with E-state index in [4.69, 9.17) is 0 Å². The third kappa shape index (κ3) is 13.0. The first-order valence-corrected chi connectivity index (χ1v) is 11.6. The fourth-order valence-electron chi connectivity index (χ4n) is 3.75. The summed E-state index contributed by atoms with van der Waals surface area (Å²) in [6, 6.07) is 0. The molecule has 2 N–H and O–H groups in total. The van der Waals surface area contributed by atoms with Gasteiger partial charge in [-0.05, 0) is 51.6 Å². The summed E-state index contributed by atoms with van der Waals surface area (Å²) in [5, 5.41) is 7.87. The summed E-state index contributed by atoms with van der Waals surface area (Å²) in [5.41, 5.74) is 0.114. The third-order valence-electron chi connectivity index (χ3n) is 5.67. The van der Waals surface area contributed by atoms with Crippen LogP contribution in [0.15, 0.2) is 0 Å². The molecule has 0 aromatic rings. The van der Waals surface area contributed by atoms with Crippen molar-refractivity contribution in [3.8, 4) is 0 Å². The van der Waals surface area contributed by atoms with Crippen molar-refractivity contribution in [3.63, 3.8) is 0 Å². The summed E-state index contributed by atoms with van der Waals surface area (Å²) in [6.45, 7) is 9.36. The fourth-order valence-corrected chi connectivity index (χ4v) is 3.75. The van der Waals surface area contributed by atoms with Gasteiger partial charge in [0.25, 0.3) is 0 Å². The van der Waals surface area contributed by atoms with Crippen molar-refractivity contribution in [1.82, 2.24) is 10.6 Å². The van der Waals surface area contributed by atoms with Crippen molar-refractivity contribution in [3.05, 3.63) is 0 Å². The molecule has 146 valence electrons. The lowest BCUT2D eigenvalue weighted by Crippen LogP contribution is -2.60. The molecule has 0 radical (unpaired) electrons. The van der Waals surface area contributed by atoms with Crippen LogP contribution in [-0.4, -0.2) is 41.7 Å². The minimum atomic E-state index is 0.114. The van der Waals surface area contributed by atoms with Gasteiger partial charge in [-0.1, -0.05) is 71.2 Å². The smallest absolute Gasteiger partial charge is 0.120 e. The lowest BCUT2D eigenvalue weighted by molar-refractivity contribution is 0.156. The van der Waals surface area contributed by atoms with Crippen molar-refractivity contribution >= 4 is 23.0 Å². The highest BCUT2D eigenvalue weighted by molar-refractivity contribution is 6.35. The van der Waals surface area contributed by atoms with E-state index in [-0.39, 0.29) is 5.66 Å². The van der Waals surface area contributed by atoms with Crippen molar-refractivity contribution in [2.75, 3.05) is 13.1 Å². The molecular weight excluding hydrogens is 301 g/mol. The third-order valence-corrected chi connectivity index (χ3v) is 5.67. The summed E-state index contributed by atoms with van der Waals surface area (Å²) in [6.07, 6.45) is 17.5. The zero-order valence-corrected chi connectivity index (χ0v) is 18.4. The van der Waals surface area contributed by atoms with Gasteiger partial charge in [0.05, 0.1) is 5.66 Å². The van der Waals surface area contributed by atoms with Crippen molar-refractivity contribution in [2.45, 2.75) is 110 Å². The molecule has 2 nitrogen and oxygen atoms in total. The van der Waals surface area contributed by atoms with E-state index in [1.54, 1.807) is 0 Å². The first-order valence-electron chi connectivity index (χ1n) is 11.6. The monoisotopic (exact) mass is 348 g/mol. The highest BCUT2D eigenvalue weighted by Crippen LogP contribution is 2.26. The van der Waals surface area contributed by atoms with Crippen LogP contribution in [0.5, 0.6) is 0 Å². The predicted molar refractivity (Wildman–Crippen MR) is 124 cm³/mol. The second-order valence-corrected chi connectivity index (χ2v) is 8.16. The number of nitrogens with one attached hydrogen (secondary N) is 2. The number of hydrogen-bond acceptors (Lipinski definition) is 2. The van der Waals surface area contributed by atoms with Gasteiger partial charge in [-0.2, -0.15) is 0 Å². The maximum Gasteiger partial charge on any atom is 0.120 e. The van der Waals surface area contributed by atoms with Gasteiger partial charge < -0.3 is 0 Å². The second kappa shape index (κ2) is 17.5. The van der Waals surface area contributed by atoms with Crippen molar-refractivity contribution < 1.29 is 0 Å². The Bertz CT molecular complexity index is 272. The largest absolute Gasteiger partial charge is 0.299 e. The SMILES string of the molecule is BCCCNC(C)(NCCCBCCCC)C(CCCB)CCCC. The van der Waals surface area contributed by atoms with Gasteiger partial charge >= 0.3 is 0 Å². The van der Waals surface area contributed by atoms with Crippen LogP contribution in [0.25, 0.3) is 0 Å². The molecule has 0 amide bonds. The fraction of sp³-hybridized carbons (Fsp3) is 1.00. The molecule has 0 spiro atoms. The standard InChI is InChI=1S/C20H47B3N2/c1-4-6-11-19(12-8-13-21)20(3,24-17-9-14-22)25-18-10-16-23-15-7-5-2/h19,23-25H,4-18,21-22H2,1-3H3. The molecular formula is C20H47B3N2. The van der Waals surface area contributed by atoms with Crippen molar-refractivity contribution in [2.24, 2.45) is 5.92 Å². The van der Waals surface area contributed by atoms with Crippen LogP contribution in [0.1, 0.15) is 78.6 Å². The number of rotatable bonds is 19. The molecule has 5 heteroatoms. The Morgan fingerprint density at radius 2 is 1.36 bits per heavy atom. The summed E-state index contributed by atoms with van der Waals surface area (Å²) >= 11 is 0. The van der Waals surface area contributed by atoms with Crippen LogP contribution >= 0.6 is 0 Å². The summed E-state index contributed by atoms with van der Waals surface area (Å²) in [4.78, 5) is 0. The lowest BCUT2D eigenvalue weighted by atomic mass is 9.69. The summed E-state index contributed by atoms with van der Waals surface area (Å²) in [5.74, 6) is 0.754. The molecule has 0 aliphatic rings. The van der Waals surface area contributed by atoms with E-state index in [1.807, 2.05) is 0 Å². The van der Waals surface area contributed by atoms with E-state index in [0.29, 0.717) is 0 Å². The molecule has 2 unspecified atom stereocenters. The Labute approximate surface area is 162 Å². The summed E-state index contributed by atoms with van der Waals surface area (Å²) < 4.78 is 0. The van der Waals surface area contributed by atoms with E-state index in [9.17, 15) is 0 Å². The zero-order chi connectivity index (χ0) is 18.8. The Balaban J connectivity index is 4.52. The van der Waals surface area contributed by atoms with Gasteiger partial charge in [0.2, 0.25) is 0 Å². The Morgan fingerprint density at radius 1 is 0.800 bits per heavy atom. The quantitative estimate of drug-likeness (QED) is 0.212. The molecule has 0 aliphatic heterocycles. The average Bonchev–Trinajstić information content (AvgIpc) is 2.61. The maximum atomic E-state index is 3.95. The minimum Gasteiger partial charge on any atom is -0.299 e. The minimum absolute atomic E-state index is 0.114. The molecule has 0 saturated carbocycles. The Kier molecular flexibility index (Phi) is 17.6. The predicted octanol–water partition coefficient (Wildman–Crippen LogP) is 3.42. The molecule has 25 heavy (non-hydrogen) atoms. The normalized spacial score (nSPS) is 15.0. The molecule has 0 aliphatic carbocycles. The average molecular weight is 348 g/mol. The van der Waals surface area contributed by atoms with Crippen LogP contribution in [0.2, 0.25) is 25.3 Å². The maximum absolute atomic E-state index is 3.95. The van der Waals surface area contributed by atoms with Gasteiger partial charge in [-0.3, -0.25) is 10.6 Å². The number of unbranched alkanes of at least 4 members (excludes halogenated alkanes) is 2. The van der Waals surface area contributed by atoms with Gasteiger partial charge in [0, 0.05) is 0 Å². The van der Waals surface area contributed by atoms with Gasteiger partial charge in [0.1, 0.15) is 23.0 Å². The number of hydrogen-bond donors (Lipinski definition) is 2. The van der Waals surface area contributed by atoms with Crippen molar-refractivity contribution in [1.29, 1.82) is 0 Å². The molecule has 0 rings (SSSR count). The highest BCUT2D eigenvalue weighted by Gasteiger charge is 2.31. The van der Waals surface area contributed by atoms with Gasteiger partial charge in [0.15, 0.2) is 0 Å². The lowest BCUT2D eigenvalue weighted by Gasteiger charge is -2.40. The van der Waals surface area contributed by atoms with E-state index in [1.165, 1.54) is 90.3 Å². The molecule has 0 aromatic carbocycles. The molecule has 0 fully saturated rings. The van der Waals surface area contributed by atoms with Crippen LogP contribution in [-0.2, 0) is 0 Å². The molecule has 2 atom stereocenters. The first-order chi connectivity index (χ1) is 12.1. The van der Waals surface area contributed by atoms with Crippen LogP contribution in [0.4, 0.5) is 0 Å². The van der Waals surface area contributed by atoms with E-state index < -0.39 is 0 Å². The van der Waals surface area contributed by atoms with E-state index in [0.717, 1.165) is 19.0 Å². The first kappa shape index (κ1) is 25.1. The molecule has 0 aromatic heterocycles. The summed E-state index contributed by atoms with van der Waals surface area (Å²) in [7, 11) is 6.02. The molecule has 0 saturated heterocycles. The molecule has 0 heterocycles. The topological polar surface area (TPSA) is 24.1 Å². The zero-order valence-electron chi connectivity index (χ0n) is 18.4. The van der Waals surface area contributed by atoms with E-state index >= 15 is 0 Å². The van der Waals surface area contributed by atoms with Crippen LogP contribution in [0, 0.1) is 5.92 Å². The van der Waals surface area contributed by atoms with E-state index in [2.05, 4.69) is 47.1 Å². The van der Waals surface area contributed by atoms with Gasteiger partial charge in [-0.25, -0.2) is 0 Å². The Morgan fingerprint density at radius 3 is 1.96 bits per heavy atom. The van der Waals surface area contributed by atoms with Crippen LogP contribution < -0.4 is 10.6 Å². The second-order valence-electron chi connectivity index (χ2n) is 8.16. The van der Waals surface area contributed by atoms with Crippen LogP contribution in [0.3, 0.4) is 0 Å². The van der Waals surface area contributed by atoms with Gasteiger partial charge in [-0.15, -0.1) is 0 Å². The molecule has 0 bridgehead atoms. The Hall–Kier alpha value is 0.115. The highest BCUT2D eigenvalue weighted by atomic mass is 15.2.